The third-order valence-electron chi connectivity index (χ3n) is 5.50. The lowest BCUT2D eigenvalue weighted by atomic mass is 10.0. The molecule has 3 aromatic rings. The van der Waals surface area contributed by atoms with Gasteiger partial charge < -0.3 is 19.8 Å². The number of nitrogens with zero attached hydrogens (tertiary/aromatic N) is 2. The van der Waals surface area contributed by atoms with Gasteiger partial charge in [-0.05, 0) is 36.4 Å². The number of hydrogen-bond donors (Lipinski definition) is 2. The molecule has 0 bridgehead atoms. The number of benzene rings is 2. The van der Waals surface area contributed by atoms with E-state index in [0.717, 1.165) is 37.0 Å². The molecule has 4 rings (SSSR count). The van der Waals surface area contributed by atoms with Gasteiger partial charge in [-0.2, -0.15) is 0 Å². The Bertz CT molecular complexity index is 1000. The molecule has 0 aliphatic carbocycles. The number of furan rings is 1. The number of para-hydroxylation sites is 1. The van der Waals surface area contributed by atoms with E-state index in [0.29, 0.717) is 13.2 Å². The predicted molar refractivity (Wildman–Crippen MR) is 123 cm³/mol. The van der Waals surface area contributed by atoms with Crippen LogP contribution in [0, 0.1) is 0 Å². The summed E-state index contributed by atoms with van der Waals surface area (Å²) in [4.78, 5) is 6.70. The standard InChI is InChI=1S/C25H30N4O2/c1-26-25(28-23-13-15-31-24-12-6-5-11-22(23)24)27-16-19-8-3-4-9-20(19)17-29(2)18-21-10-7-14-30-21/h3-12,14,23H,13,15-18H2,1-2H3,(H2,26,27,28). The molecule has 2 aromatic carbocycles. The molecule has 0 saturated carbocycles. The van der Waals surface area contributed by atoms with E-state index in [4.69, 9.17) is 9.15 Å². The smallest absolute Gasteiger partial charge is 0.191 e. The number of nitrogens with one attached hydrogen (secondary N) is 2. The largest absolute Gasteiger partial charge is 0.493 e. The molecule has 1 atom stereocenters. The summed E-state index contributed by atoms with van der Waals surface area (Å²) < 4.78 is 11.3. The summed E-state index contributed by atoms with van der Waals surface area (Å²) in [7, 11) is 3.92. The normalized spacial score (nSPS) is 16.0. The molecule has 1 aliphatic heterocycles. The van der Waals surface area contributed by atoms with Gasteiger partial charge in [0.05, 0.1) is 25.5 Å². The molecule has 31 heavy (non-hydrogen) atoms. The van der Waals surface area contributed by atoms with Crippen LogP contribution in [0.15, 0.2) is 76.3 Å². The van der Waals surface area contributed by atoms with Gasteiger partial charge >= 0.3 is 0 Å². The van der Waals surface area contributed by atoms with Crippen LogP contribution < -0.4 is 15.4 Å². The van der Waals surface area contributed by atoms with E-state index in [1.165, 1.54) is 16.7 Å². The molecular formula is C25H30N4O2. The van der Waals surface area contributed by atoms with Gasteiger partial charge in [0, 0.05) is 32.1 Å². The fraction of sp³-hybridized carbons (Fsp3) is 0.320. The monoisotopic (exact) mass is 418 g/mol. The van der Waals surface area contributed by atoms with E-state index in [1.807, 2.05) is 37.4 Å². The zero-order valence-corrected chi connectivity index (χ0v) is 18.2. The first kappa shape index (κ1) is 21.0. The summed E-state index contributed by atoms with van der Waals surface area (Å²) in [6.07, 6.45) is 2.63. The van der Waals surface area contributed by atoms with Crippen LogP contribution in [-0.2, 0) is 19.6 Å². The van der Waals surface area contributed by atoms with Gasteiger partial charge in [0.25, 0.3) is 0 Å². The number of fused-ring (bicyclic) bond motifs is 1. The van der Waals surface area contributed by atoms with E-state index < -0.39 is 0 Å². The fourth-order valence-electron chi connectivity index (χ4n) is 3.93. The first-order valence-corrected chi connectivity index (χ1v) is 10.7. The highest BCUT2D eigenvalue weighted by Gasteiger charge is 2.21. The molecular weight excluding hydrogens is 388 g/mol. The zero-order valence-electron chi connectivity index (χ0n) is 18.2. The highest BCUT2D eigenvalue weighted by Crippen LogP contribution is 2.31. The lowest BCUT2D eigenvalue weighted by Crippen LogP contribution is -2.40. The van der Waals surface area contributed by atoms with Gasteiger partial charge in [-0.3, -0.25) is 9.89 Å². The van der Waals surface area contributed by atoms with Crippen molar-refractivity contribution in [3.63, 3.8) is 0 Å². The zero-order chi connectivity index (χ0) is 21.5. The summed E-state index contributed by atoms with van der Waals surface area (Å²) in [6, 6.07) is 20.8. The van der Waals surface area contributed by atoms with Gasteiger partial charge in [-0.1, -0.05) is 42.5 Å². The van der Waals surface area contributed by atoms with Crippen LogP contribution in [-0.4, -0.2) is 31.6 Å². The molecule has 0 amide bonds. The Morgan fingerprint density at radius 1 is 1.03 bits per heavy atom. The van der Waals surface area contributed by atoms with E-state index in [1.54, 1.807) is 6.26 Å². The van der Waals surface area contributed by atoms with Gasteiger partial charge in [0.1, 0.15) is 11.5 Å². The van der Waals surface area contributed by atoms with Crippen molar-refractivity contribution in [3.8, 4) is 5.75 Å². The molecule has 1 unspecified atom stereocenters. The van der Waals surface area contributed by atoms with Gasteiger partial charge in [0.2, 0.25) is 0 Å². The van der Waals surface area contributed by atoms with E-state index in [-0.39, 0.29) is 6.04 Å². The maximum Gasteiger partial charge on any atom is 0.191 e. The highest BCUT2D eigenvalue weighted by atomic mass is 16.5. The van der Waals surface area contributed by atoms with Crippen molar-refractivity contribution >= 4 is 5.96 Å². The Labute approximate surface area is 183 Å². The molecule has 2 heterocycles. The first-order valence-electron chi connectivity index (χ1n) is 10.7. The second kappa shape index (κ2) is 10.2. The van der Waals surface area contributed by atoms with E-state index in [9.17, 15) is 0 Å². The van der Waals surface area contributed by atoms with Crippen molar-refractivity contribution in [2.45, 2.75) is 32.1 Å². The molecule has 0 fully saturated rings. The van der Waals surface area contributed by atoms with Crippen molar-refractivity contribution < 1.29 is 9.15 Å². The van der Waals surface area contributed by atoms with Gasteiger partial charge in [0.15, 0.2) is 5.96 Å². The lowest BCUT2D eigenvalue weighted by Gasteiger charge is -2.28. The van der Waals surface area contributed by atoms with E-state index >= 15 is 0 Å². The molecule has 162 valence electrons. The minimum atomic E-state index is 0.186. The maximum atomic E-state index is 5.78. The quantitative estimate of drug-likeness (QED) is 0.447. The Hall–Kier alpha value is -3.25. The van der Waals surface area contributed by atoms with Crippen LogP contribution in [0.2, 0.25) is 0 Å². The van der Waals surface area contributed by atoms with Gasteiger partial charge in [-0.25, -0.2) is 0 Å². The molecule has 2 N–H and O–H groups in total. The average Bonchev–Trinajstić information content (AvgIpc) is 3.30. The van der Waals surface area contributed by atoms with Crippen molar-refractivity contribution in [1.29, 1.82) is 0 Å². The highest BCUT2D eigenvalue weighted by molar-refractivity contribution is 5.80. The van der Waals surface area contributed by atoms with Crippen molar-refractivity contribution in [1.82, 2.24) is 15.5 Å². The third-order valence-corrected chi connectivity index (χ3v) is 5.50. The number of hydrogen-bond acceptors (Lipinski definition) is 4. The first-order chi connectivity index (χ1) is 15.2. The molecule has 0 saturated heterocycles. The second-order valence-corrected chi connectivity index (χ2v) is 7.82. The van der Waals surface area contributed by atoms with Crippen LogP contribution in [0.25, 0.3) is 0 Å². The number of aliphatic imine (C=N–C) groups is 1. The molecule has 1 aliphatic rings. The van der Waals surface area contributed by atoms with Crippen LogP contribution in [0.4, 0.5) is 0 Å². The minimum absolute atomic E-state index is 0.186. The van der Waals surface area contributed by atoms with Crippen LogP contribution in [0.3, 0.4) is 0 Å². The van der Waals surface area contributed by atoms with E-state index in [2.05, 4.69) is 57.9 Å². The Balaban J connectivity index is 1.37. The maximum absolute atomic E-state index is 5.78. The summed E-state index contributed by atoms with van der Waals surface area (Å²) in [5, 5.41) is 7.04. The number of guanidine groups is 1. The summed E-state index contributed by atoms with van der Waals surface area (Å²) in [6.45, 7) is 3.03. The van der Waals surface area contributed by atoms with Crippen molar-refractivity contribution in [3.05, 3.63) is 89.4 Å². The molecule has 0 radical (unpaired) electrons. The number of ether oxygens (including phenoxy) is 1. The molecule has 6 nitrogen and oxygen atoms in total. The van der Waals surface area contributed by atoms with Gasteiger partial charge in [-0.15, -0.1) is 0 Å². The second-order valence-electron chi connectivity index (χ2n) is 7.82. The summed E-state index contributed by atoms with van der Waals surface area (Å²) in [5.74, 6) is 2.71. The van der Waals surface area contributed by atoms with Crippen LogP contribution in [0.5, 0.6) is 5.75 Å². The Morgan fingerprint density at radius 3 is 2.65 bits per heavy atom. The van der Waals surface area contributed by atoms with Crippen molar-refractivity contribution in [2.24, 2.45) is 4.99 Å². The minimum Gasteiger partial charge on any atom is -0.493 e. The third kappa shape index (κ3) is 5.47. The molecule has 1 aromatic heterocycles. The topological polar surface area (TPSA) is 62.0 Å². The SMILES string of the molecule is CN=C(NCc1ccccc1CN(C)Cc1ccco1)NC1CCOc2ccccc21. The van der Waals surface area contributed by atoms with Crippen LogP contribution in [0.1, 0.15) is 34.9 Å². The Kier molecular flexibility index (Phi) is 6.89. The van der Waals surface area contributed by atoms with Crippen LogP contribution >= 0.6 is 0 Å². The summed E-state index contributed by atoms with van der Waals surface area (Å²) in [5.41, 5.74) is 3.72. The predicted octanol–water partition coefficient (Wildman–Crippen LogP) is 4.10. The fourth-order valence-corrected chi connectivity index (χ4v) is 3.93. The molecule has 0 spiro atoms. The number of rotatable bonds is 7. The van der Waals surface area contributed by atoms with Crippen molar-refractivity contribution in [2.75, 3.05) is 20.7 Å². The summed E-state index contributed by atoms with van der Waals surface area (Å²) >= 11 is 0. The molecule has 6 heteroatoms. The average molecular weight is 419 g/mol. The lowest BCUT2D eigenvalue weighted by molar-refractivity contribution is 0.261. The Morgan fingerprint density at radius 2 is 1.84 bits per heavy atom.